The Morgan fingerprint density at radius 1 is 1.23 bits per heavy atom. The third-order valence-corrected chi connectivity index (χ3v) is 2.52. The van der Waals surface area contributed by atoms with Gasteiger partial charge in [0.05, 0.1) is 6.42 Å². The van der Waals surface area contributed by atoms with E-state index in [9.17, 15) is 9.59 Å². The predicted octanol–water partition coefficient (Wildman–Crippen LogP) is -0.0247. The Kier molecular flexibility index (Phi) is 9.78. The van der Waals surface area contributed by atoms with E-state index in [0.29, 0.717) is 19.4 Å². The molecule has 0 aliphatic rings. The molecule has 1 aromatic rings. The summed E-state index contributed by atoms with van der Waals surface area (Å²) in [6, 6.07) is 8.31. The van der Waals surface area contributed by atoms with Crippen LogP contribution in [0.25, 0.3) is 0 Å². The molecular formula is C14H22N4O4. The number of nitrogens with two attached hydrogens (primary N) is 2. The Hall–Kier alpha value is -2.61. The van der Waals surface area contributed by atoms with Crippen molar-refractivity contribution in [3.8, 4) is 0 Å². The topological polar surface area (TPSA) is 163 Å². The van der Waals surface area contributed by atoms with Gasteiger partial charge in [0.15, 0.2) is 5.96 Å². The first-order chi connectivity index (χ1) is 10.3. The van der Waals surface area contributed by atoms with Gasteiger partial charge in [-0.05, 0) is 18.4 Å². The van der Waals surface area contributed by atoms with Crippen LogP contribution >= 0.6 is 0 Å². The van der Waals surface area contributed by atoms with E-state index in [1.165, 1.54) is 0 Å². The van der Waals surface area contributed by atoms with Gasteiger partial charge in [-0.1, -0.05) is 30.3 Å². The molecule has 122 valence electrons. The number of hydrogen-bond donors (Lipinski definition) is 6. The van der Waals surface area contributed by atoms with Crippen LogP contribution < -0.4 is 16.8 Å². The van der Waals surface area contributed by atoms with Crippen molar-refractivity contribution in [3.05, 3.63) is 35.9 Å². The van der Waals surface area contributed by atoms with Crippen molar-refractivity contribution in [3.63, 3.8) is 0 Å². The average Bonchev–Trinajstić information content (AvgIpc) is 2.44. The van der Waals surface area contributed by atoms with E-state index in [4.69, 9.17) is 27.1 Å². The molecule has 0 unspecified atom stereocenters. The Bertz CT molecular complexity index is 479. The highest BCUT2D eigenvalue weighted by Gasteiger charge is 2.09. The van der Waals surface area contributed by atoms with E-state index < -0.39 is 18.0 Å². The van der Waals surface area contributed by atoms with Crippen LogP contribution in [0.15, 0.2) is 30.3 Å². The molecule has 0 aliphatic heterocycles. The summed E-state index contributed by atoms with van der Waals surface area (Å²) in [6.45, 7) is 0.482. The van der Waals surface area contributed by atoms with Gasteiger partial charge in [0, 0.05) is 6.54 Å². The molecule has 0 saturated carbocycles. The largest absolute Gasteiger partial charge is 0.481 e. The number of carbonyl (C=O) groups is 2. The van der Waals surface area contributed by atoms with Gasteiger partial charge in [-0.15, -0.1) is 0 Å². The molecule has 8 N–H and O–H groups in total. The van der Waals surface area contributed by atoms with Crippen LogP contribution in [0, 0.1) is 5.41 Å². The summed E-state index contributed by atoms with van der Waals surface area (Å²) >= 11 is 0. The van der Waals surface area contributed by atoms with Crippen molar-refractivity contribution in [1.82, 2.24) is 5.32 Å². The molecular weight excluding hydrogens is 288 g/mol. The van der Waals surface area contributed by atoms with Crippen LogP contribution in [0.2, 0.25) is 0 Å². The van der Waals surface area contributed by atoms with Gasteiger partial charge >= 0.3 is 11.9 Å². The lowest BCUT2D eigenvalue weighted by atomic mass is 10.2. The third-order valence-electron chi connectivity index (χ3n) is 2.52. The monoisotopic (exact) mass is 310 g/mol. The molecule has 0 aromatic heterocycles. The van der Waals surface area contributed by atoms with E-state index in [0.717, 1.165) is 5.56 Å². The highest BCUT2D eigenvalue weighted by molar-refractivity contribution is 5.74. The summed E-state index contributed by atoms with van der Waals surface area (Å²) in [5, 5.41) is 26.1. The van der Waals surface area contributed by atoms with Crippen LogP contribution in [0.4, 0.5) is 0 Å². The van der Waals surface area contributed by atoms with Gasteiger partial charge in [0.25, 0.3) is 0 Å². The Labute approximate surface area is 128 Å². The fraction of sp³-hybridized carbons (Fsp3) is 0.357. The maximum Gasteiger partial charge on any atom is 0.320 e. The third kappa shape index (κ3) is 11.2. The lowest BCUT2D eigenvalue weighted by molar-refractivity contribution is -0.139. The van der Waals surface area contributed by atoms with Crippen LogP contribution in [0.1, 0.15) is 18.4 Å². The van der Waals surface area contributed by atoms with Gasteiger partial charge in [-0.3, -0.25) is 15.0 Å². The summed E-state index contributed by atoms with van der Waals surface area (Å²) in [5.41, 5.74) is 11.1. The molecule has 1 atom stereocenters. The van der Waals surface area contributed by atoms with E-state index in [-0.39, 0.29) is 12.4 Å². The maximum atomic E-state index is 10.2. The first-order valence-electron chi connectivity index (χ1n) is 6.65. The van der Waals surface area contributed by atoms with Crippen LogP contribution in [-0.2, 0) is 16.0 Å². The normalized spacial score (nSPS) is 10.8. The number of rotatable bonds is 7. The lowest BCUT2D eigenvalue weighted by Gasteiger charge is -2.06. The molecule has 1 aromatic carbocycles. The molecule has 0 bridgehead atoms. The van der Waals surface area contributed by atoms with Crippen molar-refractivity contribution in [2.24, 2.45) is 11.5 Å². The molecule has 0 aliphatic carbocycles. The molecule has 0 saturated heterocycles. The summed E-state index contributed by atoms with van der Waals surface area (Å²) < 4.78 is 0. The van der Waals surface area contributed by atoms with E-state index in [2.05, 4.69) is 5.32 Å². The van der Waals surface area contributed by atoms with Crippen molar-refractivity contribution < 1.29 is 19.8 Å². The fourth-order valence-electron chi connectivity index (χ4n) is 1.44. The number of benzene rings is 1. The standard InChI is InChI=1S/C8H8O2.C6H14N4O2/c9-8(10)6-7-4-2-1-3-5-7;7-4(5(11)12)2-1-3-10-6(8)9/h1-5H,6H2,(H,9,10);4H,1-3,7H2,(H,11,12)(H4,8,9,10)/t;4-/m.0/s1. The zero-order chi connectivity index (χ0) is 17.0. The average molecular weight is 310 g/mol. The van der Waals surface area contributed by atoms with E-state index in [1.54, 1.807) is 12.1 Å². The van der Waals surface area contributed by atoms with Crippen molar-refractivity contribution in [2.75, 3.05) is 6.54 Å². The number of carboxylic acids is 2. The van der Waals surface area contributed by atoms with E-state index in [1.807, 2.05) is 18.2 Å². The molecule has 8 nitrogen and oxygen atoms in total. The second-order valence-electron chi connectivity index (χ2n) is 4.48. The fourth-order valence-corrected chi connectivity index (χ4v) is 1.44. The Balaban J connectivity index is 0.000000406. The summed E-state index contributed by atoms with van der Waals surface area (Å²) in [4.78, 5) is 20.4. The molecule has 0 fully saturated rings. The Morgan fingerprint density at radius 3 is 2.27 bits per heavy atom. The number of nitrogens with one attached hydrogen (secondary N) is 2. The molecule has 0 heterocycles. The van der Waals surface area contributed by atoms with Crippen LogP contribution in [0.3, 0.4) is 0 Å². The van der Waals surface area contributed by atoms with Crippen LogP contribution in [-0.4, -0.2) is 40.7 Å². The second-order valence-corrected chi connectivity index (χ2v) is 4.48. The maximum absolute atomic E-state index is 10.2. The number of hydrogen-bond acceptors (Lipinski definition) is 4. The highest BCUT2D eigenvalue weighted by atomic mass is 16.4. The minimum Gasteiger partial charge on any atom is -0.481 e. The molecule has 1 rings (SSSR count). The van der Waals surface area contributed by atoms with Gasteiger partial charge in [-0.2, -0.15) is 0 Å². The lowest BCUT2D eigenvalue weighted by Crippen LogP contribution is -2.34. The van der Waals surface area contributed by atoms with Crippen molar-refractivity contribution in [1.29, 1.82) is 5.41 Å². The minimum absolute atomic E-state index is 0.112. The summed E-state index contributed by atoms with van der Waals surface area (Å²) in [7, 11) is 0. The number of carboxylic acid groups (broad SMARTS) is 2. The van der Waals surface area contributed by atoms with Gasteiger partial charge in [0.1, 0.15) is 6.04 Å². The zero-order valence-electron chi connectivity index (χ0n) is 12.2. The van der Waals surface area contributed by atoms with Crippen molar-refractivity contribution >= 4 is 17.9 Å². The number of aliphatic carboxylic acids is 2. The van der Waals surface area contributed by atoms with Gasteiger partial charge in [-0.25, -0.2) is 0 Å². The second kappa shape index (κ2) is 11.1. The van der Waals surface area contributed by atoms with Crippen molar-refractivity contribution in [2.45, 2.75) is 25.3 Å². The van der Waals surface area contributed by atoms with Gasteiger partial charge in [0.2, 0.25) is 0 Å². The van der Waals surface area contributed by atoms with E-state index >= 15 is 0 Å². The molecule has 8 heteroatoms. The molecule has 0 radical (unpaired) electrons. The van der Waals surface area contributed by atoms with Gasteiger partial charge < -0.3 is 27.0 Å². The van der Waals surface area contributed by atoms with Crippen LogP contribution in [0.5, 0.6) is 0 Å². The minimum atomic E-state index is -1.00. The molecule has 22 heavy (non-hydrogen) atoms. The smallest absolute Gasteiger partial charge is 0.320 e. The summed E-state index contributed by atoms with van der Waals surface area (Å²) in [6.07, 6.45) is 1.09. The zero-order valence-corrected chi connectivity index (χ0v) is 12.2. The predicted molar refractivity (Wildman–Crippen MR) is 82.5 cm³/mol. The highest BCUT2D eigenvalue weighted by Crippen LogP contribution is 1.98. The molecule has 0 spiro atoms. The Morgan fingerprint density at radius 2 is 1.82 bits per heavy atom. The SMILES string of the molecule is N=C(N)NCCC[C@H](N)C(=O)O.O=C(O)Cc1ccccc1. The molecule has 0 amide bonds. The first kappa shape index (κ1) is 19.4. The number of guanidine groups is 1. The summed E-state index contributed by atoms with van der Waals surface area (Å²) in [5.74, 6) is -1.90. The first-order valence-corrected chi connectivity index (χ1v) is 6.65. The quantitative estimate of drug-likeness (QED) is 0.234.